The summed E-state index contributed by atoms with van der Waals surface area (Å²) in [7, 11) is -3.45. The average molecular weight is 258 g/mol. The number of furan rings is 1. The molecule has 0 unspecified atom stereocenters. The van der Waals surface area contributed by atoms with Crippen LogP contribution in [0.2, 0.25) is 0 Å². The Morgan fingerprint density at radius 2 is 2.00 bits per heavy atom. The summed E-state index contributed by atoms with van der Waals surface area (Å²) >= 11 is 0. The molecule has 1 rings (SSSR count). The van der Waals surface area contributed by atoms with Crippen molar-refractivity contribution in [1.82, 2.24) is 0 Å². The van der Waals surface area contributed by atoms with Gasteiger partial charge in [-0.25, -0.2) is 0 Å². The minimum absolute atomic E-state index is 0.0337. The van der Waals surface area contributed by atoms with Crippen molar-refractivity contribution in [2.45, 2.75) is 13.8 Å². The quantitative estimate of drug-likeness (QED) is 0.427. The molecule has 1 aromatic heterocycles. The van der Waals surface area contributed by atoms with Gasteiger partial charge in [-0.15, -0.1) is 0 Å². The Morgan fingerprint density at radius 1 is 1.41 bits per heavy atom. The molecule has 5 nitrogen and oxygen atoms in total. The lowest BCUT2D eigenvalue weighted by Crippen LogP contribution is -2.08. The maximum Gasteiger partial charge on any atom is 0.396 e. The van der Waals surface area contributed by atoms with E-state index in [0.29, 0.717) is 0 Å². The third-order valence-corrected chi connectivity index (χ3v) is 3.86. The zero-order valence-corrected chi connectivity index (χ0v) is 10.7. The van der Waals surface area contributed by atoms with E-state index in [9.17, 15) is 9.36 Å². The van der Waals surface area contributed by atoms with Crippen molar-refractivity contribution in [3.05, 3.63) is 30.5 Å². The second kappa shape index (κ2) is 5.96. The molecule has 17 heavy (non-hydrogen) atoms. The second-order valence-electron chi connectivity index (χ2n) is 3.04. The van der Waals surface area contributed by atoms with Crippen LogP contribution in [0.1, 0.15) is 24.4 Å². The Hall–Kier alpha value is -1.16. The maximum atomic E-state index is 12.3. The first-order chi connectivity index (χ1) is 8.07. The van der Waals surface area contributed by atoms with Gasteiger partial charge >= 0.3 is 7.60 Å². The largest absolute Gasteiger partial charge is 0.445 e. The van der Waals surface area contributed by atoms with Gasteiger partial charge in [0.05, 0.1) is 13.2 Å². The van der Waals surface area contributed by atoms with E-state index in [4.69, 9.17) is 13.5 Å². The van der Waals surface area contributed by atoms with Gasteiger partial charge in [0.1, 0.15) is 0 Å². The molecular formula is C11H15O5P. The van der Waals surface area contributed by atoms with Crippen molar-refractivity contribution in [3.8, 4) is 0 Å². The van der Waals surface area contributed by atoms with Crippen LogP contribution in [0.3, 0.4) is 0 Å². The summed E-state index contributed by atoms with van der Waals surface area (Å²) in [6.45, 7) is 7.19. The van der Waals surface area contributed by atoms with Gasteiger partial charge in [-0.2, -0.15) is 0 Å². The molecule has 0 radical (unpaired) electrons. The highest BCUT2D eigenvalue weighted by molar-refractivity contribution is 7.61. The molecule has 0 aliphatic heterocycles. The van der Waals surface area contributed by atoms with E-state index in [1.54, 1.807) is 13.8 Å². The fraction of sp³-hybridized carbons (Fsp3) is 0.364. The van der Waals surface area contributed by atoms with Crippen molar-refractivity contribution >= 4 is 18.9 Å². The van der Waals surface area contributed by atoms with Crippen molar-refractivity contribution in [2.75, 3.05) is 13.2 Å². The summed E-state index contributed by atoms with van der Waals surface area (Å²) in [4.78, 5) is 11.3. The Bertz CT molecular complexity index is 438. The van der Waals surface area contributed by atoms with Gasteiger partial charge in [-0.05, 0) is 32.1 Å². The molecule has 0 N–H and O–H groups in total. The van der Waals surface area contributed by atoms with Gasteiger partial charge in [0.15, 0.2) is 5.76 Å². The zero-order chi connectivity index (χ0) is 12.9. The topological polar surface area (TPSA) is 65.7 Å². The summed E-state index contributed by atoms with van der Waals surface area (Å²) in [5.41, 5.74) is 0.0337. The first-order valence-electron chi connectivity index (χ1n) is 5.23. The normalized spacial score (nSPS) is 11.4. The van der Waals surface area contributed by atoms with Crippen LogP contribution in [-0.2, 0) is 13.6 Å². The molecule has 1 heterocycles. The van der Waals surface area contributed by atoms with Gasteiger partial charge in [0.25, 0.3) is 0 Å². The van der Waals surface area contributed by atoms with Gasteiger partial charge in [-0.1, -0.05) is 6.58 Å². The molecule has 0 aliphatic carbocycles. The van der Waals surface area contributed by atoms with Crippen LogP contribution in [-0.4, -0.2) is 19.0 Å². The predicted octanol–water partition coefficient (Wildman–Crippen LogP) is 2.54. The fourth-order valence-corrected chi connectivity index (χ4v) is 2.69. The van der Waals surface area contributed by atoms with Crippen LogP contribution in [0.5, 0.6) is 0 Å². The number of carbonyl (C=O) groups excluding carboxylic acids is 1. The van der Waals surface area contributed by atoms with Gasteiger partial charge in [-0.3, -0.25) is 9.36 Å². The van der Waals surface area contributed by atoms with Gasteiger partial charge in [0.2, 0.25) is 11.3 Å². The summed E-state index contributed by atoms with van der Waals surface area (Å²) in [6.07, 6.45) is 1.12. The van der Waals surface area contributed by atoms with E-state index in [1.807, 2.05) is 0 Å². The molecule has 0 saturated carbocycles. The number of rotatable bonds is 7. The van der Waals surface area contributed by atoms with Crippen molar-refractivity contribution in [3.63, 3.8) is 0 Å². The minimum atomic E-state index is -3.45. The molecule has 0 fully saturated rings. The molecule has 0 atom stereocenters. The summed E-state index contributed by atoms with van der Waals surface area (Å²) in [5.74, 6) is -0.314. The Kier molecular flexibility index (Phi) is 4.87. The lowest BCUT2D eigenvalue weighted by Gasteiger charge is -2.13. The van der Waals surface area contributed by atoms with E-state index in [1.165, 1.54) is 12.1 Å². The van der Waals surface area contributed by atoms with Gasteiger partial charge < -0.3 is 13.5 Å². The molecular weight excluding hydrogens is 243 g/mol. The number of ketones is 1. The van der Waals surface area contributed by atoms with Crippen LogP contribution in [0.15, 0.2) is 29.2 Å². The SMILES string of the molecule is C=CC(=O)c1ccc(P(=O)(OCC)OCC)o1. The Balaban J connectivity index is 3.03. The van der Waals surface area contributed by atoms with E-state index in [-0.39, 0.29) is 30.3 Å². The van der Waals surface area contributed by atoms with Crippen LogP contribution >= 0.6 is 7.60 Å². The third kappa shape index (κ3) is 3.16. The number of allylic oxidation sites excluding steroid dienone is 1. The molecule has 0 saturated heterocycles. The van der Waals surface area contributed by atoms with E-state index in [0.717, 1.165) is 6.08 Å². The monoisotopic (exact) mass is 258 g/mol. The van der Waals surface area contributed by atoms with Crippen LogP contribution in [0.25, 0.3) is 0 Å². The second-order valence-corrected chi connectivity index (χ2v) is 4.99. The van der Waals surface area contributed by atoms with E-state index >= 15 is 0 Å². The first kappa shape index (κ1) is 13.9. The van der Waals surface area contributed by atoms with Crippen molar-refractivity contribution in [2.24, 2.45) is 0 Å². The fourth-order valence-electron chi connectivity index (χ4n) is 1.21. The van der Waals surface area contributed by atoms with E-state index in [2.05, 4.69) is 6.58 Å². The molecule has 94 valence electrons. The van der Waals surface area contributed by atoms with Crippen molar-refractivity contribution in [1.29, 1.82) is 0 Å². The van der Waals surface area contributed by atoms with E-state index < -0.39 is 7.60 Å². The number of hydrogen-bond acceptors (Lipinski definition) is 5. The number of carbonyl (C=O) groups is 1. The standard InChI is InChI=1S/C11H15O5P/c1-4-9(12)10-7-8-11(16-10)17(13,14-5-2)15-6-3/h4,7-8H,1,5-6H2,2-3H3. The van der Waals surface area contributed by atoms with Crippen molar-refractivity contribution < 1.29 is 22.8 Å². The molecule has 1 aromatic rings. The lowest BCUT2D eigenvalue weighted by molar-refractivity contribution is 0.102. The van der Waals surface area contributed by atoms with Gasteiger partial charge in [0, 0.05) is 0 Å². The smallest absolute Gasteiger partial charge is 0.396 e. The summed E-state index contributed by atoms with van der Waals surface area (Å²) < 4.78 is 27.6. The Morgan fingerprint density at radius 3 is 2.47 bits per heavy atom. The molecule has 0 bridgehead atoms. The third-order valence-electron chi connectivity index (χ3n) is 1.89. The lowest BCUT2D eigenvalue weighted by atomic mass is 10.3. The predicted molar refractivity (Wildman–Crippen MR) is 63.7 cm³/mol. The molecule has 0 aliphatic rings. The number of hydrogen-bond donors (Lipinski definition) is 0. The maximum absolute atomic E-state index is 12.3. The minimum Gasteiger partial charge on any atom is -0.445 e. The highest BCUT2D eigenvalue weighted by Crippen LogP contribution is 2.47. The highest BCUT2D eigenvalue weighted by atomic mass is 31.2. The summed E-state index contributed by atoms with van der Waals surface area (Å²) in [5, 5.41) is 0. The molecule has 0 aromatic carbocycles. The molecule has 0 spiro atoms. The Labute approximate surface area is 99.9 Å². The molecule has 0 amide bonds. The average Bonchev–Trinajstić information content (AvgIpc) is 2.78. The first-order valence-corrected chi connectivity index (χ1v) is 6.78. The van der Waals surface area contributed by atoms with Crippen LogP contribution < -0.4 is 5.50 Å². The zero-order valence-electron chi connectivity index (χ0n) is 9.84. The molecule has 6 heteroatoms. The summed E-state index contributed by atoms with van der Waals surface area (Å²) in [6, 6.07) is 2.84. The van der Waals surface area contributed by atoms with Crippen LogP contribution in [0.4, 0.5) is 0 Å². The van der Waals surface area contributed by atoms with Crippen LogP contribution in [0, 0.1) is 0 Å². The highest BCUT2D eigenvalue weighted by Gasteiger charge is 2.31.